The maximum atomic E-state index is 13.2. The van der Waals surface area contributed by atoms with Gasteiger partial charge in [-0.3, -0.25) is 19.5 Å². The Bertz CT molecular complexity index is 1240. The van der Waals surface area contributed by atoms with Crippen LogP contribution in [0.3, 0.4) is 0 Å². The lowest BCUT2D eigenvalue weighted by atomic mass is 10.1. The molecule has 174 valence electrons. The fourth-order valence-electron chi connectivity index (χ4n) is 5.15. The number of pyridine rings is 1. The van der Waals surface area contributed by atoms with Gasteiger partial charge >= 0.3 is 0 Å². The largest absolute Gasteiger partial charge is 0.331 e. The smallest absolute Gasteiger partial charge is 0.247 e. The number of nitrogens with zero attached hydrogens (tertiary/aromatic N) is 3. The molecule has 3 aromatic rings. The number of piperazine rings is 1. The van der Waals surface area contributed by atoms with Gasteiger partial charge in [-0.25, -0.2) is 4.39 Å². The summed E-state index contributed by atoms with van der Waals surface area (Å²) in [4.78, 5) is 33.6. The van der Waals surface area contributed by atoms with Gasteiger partial charge in [-0.1, -0.05) is 18.2 Å². The highest BCUT2D eigenvalue weighted by Gasteiger charge is 2.41. The number of nitrogens with one attached hydrogen (secondary N) is 1. The molecule has 0 saturated carbocycles. The van der Waals surface area contributed by atoms with Crippen molar-refractivity contribution in [3.63, 3.8) is 0 Å². The van der Waals surface area contributed by atoms with Crippen molar-refractivity contribution in [2.24, 2.45) is 0 Å². The number of carbonyl (C=O) groups excluding carboxylic acids is 2. The number of fused-ring (bicyclic) bond motifs is 3. The Hall–Kier alpha value is -3.58. The molecule has 7 heteroatoms. The van der Waals surface area contributed by atoms with Crippen LogP contribution < -0.4 is 5.32 Å². The molecule has 2 aromatic carbocycles. The van der Waals surface area contributed by atoms with Crippen LogP contribution in [0.5, 0.6) is 0 Å². The molecule has 1 aromatic heterocycles. The second-order valence-electron chi connectivity index (χ2n) is 9.10. The number of likely N-dealkylation sites (tertiary alicyclic amines) is 1. The molecular formula is C27H27FN4O2. The van der Waals surface area contributed by atoms with Crippen LogP contribution in [0.15, 0.2) is 60.8 Å². The minimum absolute atomic E-state index is 0.00556. The summed E-state index contributed by atoms with van der Waals surface area (Å²) in [7, 11) is 0. The molecule has 0 radical (unpaired) electrons. The summed E-state index contributed by atoms with van der Waals surface area (Å²) < 4.78 is 13.2. The first-order valence-corrected chi connectivity index (χ1v) is 11.6. The van der Waals surface area contributed by atoms with E-state index in [0.29, 0.717) is 5.69 Å². The Kier molecular flexibility index (Phi) is 6.11. The summed E-state index contributed by atoms with van der Waals surface area (Å²) >= 11 is 0. The average Bonchev–Trinajstić information content (AvgIpc) is 3.09. The maximum absolute atomic E-state index is 13.2. The van der Waals surface area contributed by atoms with Gasteiger partial charge in [-0.05, 0) is 60.4 Å². The van der Waals surface area contributed by atoms with Crippen LogP contribution in [-0.4, -0.2) is 51.8 Å². The molecule has 3 heterocycles. The van der Waals surface area contributed by atoms with Crippen molar-refractivity contribution in [2.75, 3.05) is 18.4 Å². The van der Waals surface area contributed by atoms with E-state index in [-0.39, 0.29) is 29.7 Å². The third kappa shape index (κ3) is 4.70. The number of carbonyl (C=O) groups is 2. The highest BCUT2D eigenvalue weighted by molar-refractivity contribution is 5.99. The van der Waals surface area contributed by atoms with E-state index < -0.39 is 0 Å². The predicted octanol–water partition coefficient (Wildman–Crippen LogP) is 4.22. The minimum Gasteiger partial charge on any atom is -0.331 e. The van der Waals surface area contributed by atoms with Crippen LogP contribution in [0.25, 0.3) is 17.0 Å². The van der Waals surface area contributed by atoms with Crippen molar-refractivity contribution in [2.45, 2.75) is 38.4 Å². The van der Waals surface area contributed by atoms with E-state index in [1.165, 1.54) is 19.1 Å². The number of amides is 2. The van der Waals surface area contributed by atoms with Crippen LogP contribution in [0.1, 0.15) is 30.9 Å². The van der Waals surface area contributed by atoms with Crippen LogP contribution in [-0.2, 0) is 16.1 Å². The summed E-state index contributed by atoms with van der Waals surface area (Å²) in [5.41, 5.74) is 3.27. The first kappa shape index (κ1) is 22.2. The van der Waals surface area contributed by atoms with Crippen LogP contribution in [0.4, 0.5) is 10.1 Å². The number of anilines is 1. The van der Waals surface area contributed by atoms with Crippen molar-refractivity contribution < 1.29 is 14.0 Å². The van der Waals surface area contributed by atoms with E-state index in [1.807, 2.05) is 41.3 Å². The second kappa shape index (κ2) is 9.35. The molecule has 2 unspecified atom stereocenters. The van der Waals surface area contributed by atoms with E-state index in [1.54, 1.807) is 18.3 Å². The van der Waals surface area contributed by atoms with Crippen molar-refractivity contribution in [3.05, 3.63) is 77.7 Å². The van der Waals surface area contributed by atoms with E-state index in [4.69, 9.17) is 0 Å². The van der Waals surface area contributed by atoms with Gasteiger partial charge in [0.25, 0.3) is 0 Å². The molecule has 0 aliphatic carbocycles. The zero-order chi connectivity index (χ0) is 23.7. The maximum Gasteiger partial charge on any atom is 0.247 e. The molecule has 2 aliphatic rings. The molecule has 1 N–H and O–H groups in total. The lowest BCUT2D eigenvalue weighted by Crippen LogP contribution is -2.55. The lowest BCUT2D eigenvalue weighted by molar-refractivity contribution is -0.131. The Morgan fingerprint density at radius 3 is 2.56 bits per heavy atom. The van der Waals surface area contributed by atoms with Crippen molar-refractivity contribution in [3.8, 4) is 0 Å². The number of hydrogen-bond acceptors (Lipinski definition) is 4. The topological polar surface area (TPSA) is 65.5 Å². The van der Waals surface area contributed by atoms with Gasteiger partial charge in [0.15, 0.2) is 0 Å². The zero-order valence-corrected chi connectivity index (χ0v) is 19.1. The van der Waals surface area contributed by atoms with Gasteiger partial charge in [0, 0.05) is 56.3 Å². The molecule has 2 bridgehead atoms. The Morgan fingerprint density at radius 2 is 1.85 bits per heavy atom. The Balaban J connectivity index is 1.31. The quantitative estimate of drug-likeness (QED) is 0.582. The number of rotatable bonds is 5. The number of hydrogen-bond donors (Lipinski definition) is 1. The van der Waals surface area contributed by atoms with Gasteiger partial charge in [0.05, 0.1) is 11.2 Å². The van der Waals surface area contributed by atoms with Crippen LogP contribution in [0, 0.1) is 5.82 Å². The van der Waals surface area contributed by atoms with Crippen LogP contribution >= 0.6 is 0 Å². The minimum atomic E-state index is -0.227. The molecule has 2 amide bonds. The molecule has 5 rings (SSSR count). The molecule has 2 fully saturated rings. The van der Waals surface area contributed by atoms with Crippen molar-refractivity contribution in [1.29, 1.82) is 0 Å². The fraction of sp³-hybridized carbons (Fsp3) is 0.296. The monoisotopic (exact) mass is 458 g/mol. The third-order valence-electron chi connectivity index (χ3n) is 6.62. The zero-order valence-electron chi connectivity index (χ0n) is 19.1. The van der Waals surface area contributed by atoms with E-state index >= 15 is 0 Å². The molecule has 0 spiro atoms. The average molecular weight is 459 g/mol. The third-order valence-corrected chi connectivity index (χ3v) is 6.62. The fourth-order valence-corrected chi connectivity index (χ4v) is 5.15. The van der Waals surface area contributed by atoms with Crippen molar-refractivity contribution >= 4 is 34.5 Å². The summed E-state index contributed by atoms with van der Waals surface area (Å²) in [6, 6.07) is 14.6. The SMILES string of the molecule is CC(=O)Nc1cc2ncccc2cc1/C=C/C(=O)N1C2CCC1CN(Cc1ccc(F)cc1)C2. The molecule has 2 saturated heterocycles. The molecular weight excluding hydrogens is 431 g/mol. The van der Waals surface area contributed by atoms with Gasteiger partial charge in [-0.2, -0.15) is 0 Å². The molecule has 6 nitrogen and oxygen atoms in total. The van der Waals surface area contributed by atoms with Gasteiger partial charge in [0.1, 0.15) is 5.82 Å². The first-order chi connectivity index (χ1) is 16.5. The van der Waals surface area contributed by atoms with Gasteiger partial charge < -0.3 is 10.2 Å². The highest BCUT2D eigenvalue weighted by atomic mass is 19.1. The first-order valence-electron chi connectivity index (χ1n) is 11.6. The normalized spacial score (nSPS) is 20.2. The summed E-state index contributed by atoms with van der Waals surface area (Å²) in [6.07, 6.45) is 7.09. The Morgan fingerprint density at radius 1 is 1.12 bits per heavy atom. The number of aromatic nitrogens is 1. The summed E-state index contributed by atoms with van der Waals surface area (Å²) in [5, 5.41) is 3.79. The van der Waals surface area contributed by atoms with Gasteiger partial charge in [0.2, 0.25) is 11.8 Å². The predicted molar refractivity (Wildman–Crippen MR) is 130 cm³/mol. The molecule has 2 aliphatic heterocycles. The highest BCUT2D eigenvalue weighted by Crippen LogP contribution is 2.32. The summed E-state index contributed by atoms with van der Waals surface area (Å²) in [6.45, 7) is 3.85. The number of benzene rings is 2. The van der Waals surface area contributed by atoms with Crippen molar-refractivity contribution in [1.82, 2.24) is 14.8 Å². The molecule has 34 heavy (non-hydrogen) atoms. The van der Waals surface area contributed by atoms with E-state index in [9.17, 15) is 14.0 Å². The van der Waals surface area contributed by atoms with Gasteiger partial charge in [-0.15, -0.1) is 0 Å². The van der Waals surface area contributed by atoms with E-state index in [0.717, 1.165) is 54.5 Å². The van der Waals surface area contributed by atoms with E-state index in [2.05, 4.69) is 15.2 Å². The lowest BCUT2D eigenvalue weighted by Gasteiger charge is -2.40. The Labute approximate surface area is 198 Å². The number of halogens is 1. The van der Waals surface area contributed by atoms with Crippen LogP contribution in [0.2, 0.25) is 0 Å². The second-order valence-corrected chi connectivity index (χ2v) is 9.10. The standard InChI is InChI=1S/C27H27FN4O2/c1-18(33)30-26-14-25-20(3-2-12-29-25)13-21(26)6-11-27(34)32-23-9-10-24(32)17-31(16-23)15-19-4-7-22(28)8-5-19/h2-8,11-14,23-24H,9-10,15-17H2,1H3,(H,30,33)/b11-6+. The summed E-state index contributed by atoms with van der Waals surface area (Å²) in [5.74, 6) is -0.407. The molecule has 2 atom stereocenters.